The zero-order valence-electron chi connectivity index (χ0n) is 14.9. The molecule has 0 saturated carbocycles. The Kier molecular flexibility index (Phi) is 6.20. The zero-order chi connectivity index (χ0) is 19.2. The largest absolute Gasteiger partial charge is 0.497 e. The molecule has 0 bridgehead atoms. The molecule has 0 fully saturated rings. The minimum atomic E-state index is -0.238. The van der Waals surface area contributed by atoms with E-state index < -0.39 is 0 Å². The average molecular weight is 423 g/mol. The number of allylic oxidation sites excluding steroid dienone is 3. The van der Waals surface area contributed by atoms with Crippen molar-refractivity contribution in [3.05, 3.63) is 81.4 Å². The number of carbonyl (C=O) groups is 2. The van der Waals surface area contributed by atoms with Gasteiger partial charge >= 0.3 is 0 Å². The van der Waals surface area contributed by atoms with Gasteiger partial charge in [-0.15, -0.1) is 0 Å². The monoisotopic (exact) mass is 422 g/mol. The molecular formula is C23H19BrO3. The molecular weight excluding hydrogens is 404 g/mol. The van der Waals surface area contributed by atoms with Crippen LogP contribution in [0.2, 0.25) is 0 Å². The Hall–Kier alpha value is -2.72. The molecule has 4 heteroatoms. The third-order valence-corrected chi connectivity index (χ3v) is 4.99. The van der Waals surface area contributed by atoms with E-state index in [0.717, 1.165) is 22.0 Å². The van der Waals surface area contributed by atoms with Gasteiger partial charge < -0.3 is 4.74 Å². The van der Waals surface area contributed by atoms with E-state index in [1.807, 2.05) is 30.3 Å². The lowest BCUT2D eigenvalue weighted by Crippen LogP contribution is -2.02. The molecule has 1 aliphatic rings. The number of hydrogen-bond donors (Lipinski definition) is 0. The van der Waals surface area contributed by atoms with Gasteiger partial charge in [0.15, 0.2) is 11.6 Å². The van der Waals surface area contributed by atoms with E-state index in [2.05, 4.69) is 34.1 Å². The Morgan fingerprint density at radius 2 is 1.85 bits per heavy atom. The lowest BCUT2D eigenvalue weighted by molar-refractivity contribution is -0.121. The lowest BCUT2D eigenvalue weighted by atomic mass is 10.0. The van der Waals surface area contributed by atoms with Gasteiger partial charge in [0.2, 0.25) is 0 Å². The van der Waals surface area contributed by atoms with Crippen LogP contribution in [0.3, 0.4) is 0 Å². The average Bonchev–Trinajstić information content (AvgIpc) is 3.13. The summed E-state index contributed by atoms with van der Waals surface area (Å²) < 4.78 is 6.03. The van der Waals surface area contributed by atoms with Crippen LogP contribution in [0.4, 0.5) is 0 Å². The van der Waals surface area contributed by atoms with Crippen molar-refractivity contribution in [3.63, 3.8) is 0 Å². The zero-order valence-corrected chi connectivity index (χ0v) is 16.5. The van der Waals surface area contributed by atoms with Gasteiger partial charge in [-0.3, -0.25) is 9.59 Å². The van der Waals surface area contributed by atoms with Crippen LogP contribution in [0.25, 0.3) is 18.2 Å². The van der Waals surface area contributed by atoms with Crippen molar-refractivity contribution >= 4 is 45.7 Å². The van der Waals surface area contributed by atoms with Crippen molar-refractivity contribution < 1.29 is 14.3 Å². The molecule has 0 unspecified atom stereocenters. The third-order valence-electron chi connectivity index (χ3n) is 4.26. The summed E-state index contributed by atoms with van der Waals surface area (Å²) >= 11 is 3.43. The fourth-order valence-electron chi connectivity index (χ4n) is 2.82. The van der Waals surface area contributed by atoms with E-state index in [-0.39, 0.29) is 18.0 Å². The summed E-state index contributed by atoms with van der Waals surface area (Å²) in [6.45, 7) is 0. The predicted molar refractivity (Wildman–Crippen MR) is 113 cm³/mol. The standard InChI is InChI=1S/C23H19BrO3/c1-27-22-11-12-23(24)19(14-22)8-10-21(26)15-20(25)9-6-16-5-7-17-3-2-4-18(17)13-16/h2-3,5-14H,4,15H2,1H3/b9-6+,10-8+. The molecule has 2 aromatic carbocycles. The number of rotatable bonds is 7. The van der Waals surface area contributed by atoms with Gasteiger partial charge in [-0.25, -0.2) is 0 Å². The molecule has 0 spiro atoms. The van der Waals surface area contributed by atoms with Crippen LogP contribution in [0.5, 0.6) is 5.75 Å². The maximum atomic E-state index is 12.1. The molecule has 0 heterocycles. The minimum Gasteiger partial charge on any atom is -0.497 e. The number of ether oxygens (including phenoxy) is 1. The first-order valence-electron chi connectivity index (χ1n) is 8.60. The first kappa shape index (κ1) is 19.1. The van der Waals surface area contributed by atoms with Gasteiger partial charge in [0.05, 0.1) is 13.5 Å². The van der Waals surface area contributed by atoms with Gasteiger partial charge in [-0.05, 0) is 59.0 Å². The molecule has 3 nitrogen and oxygen atoms in total. The molecule has 27 heavy (non-hydrogen) atoms. The summed E-state index contributed by atoms with van der Waals surface area (Å²) in [7, 11) is 1.59. The third kappa shape index (κ3) is 5.14. The molecule has 1 aliphatic carbocycles. The lowest BCUT2D eigenvalue weighted by Gasteiger charge is -2.03. The smallest absolute Gasteiger partial charge is 0.163 e. The quantitative estimate of drug-likeness (QED) is 0.450. The SMILES string of the molecule is COc1ccc(Br)c(/C=C/C(=O)CC(=O)/C=C/c2ccc3c(c2)CC=C3)c1. The van der Waals surface area contributed by atoms with Crippen molar-refractivity contribution in [2.45, 2.75) is 12.8 Å². The Labute approximate surface area is 167 Å². The highest BCUT2D eigenvalue weighted by Crippen LogP contribution is 2.24. The Morgan fingerprint density at radius 1 is 1.07 bits per heavy atom. The summed E-state index contributed by atoms with van der Waals surface area (Å²) in [4.78, 5) is 24.1. The molecule has 0 saturated heterocycles. The van der Waals surface area contributed by atoms with Crippen LogP contribution in [-0.2, 0) is 16.0 Å². The first-order chi connectivity index (χ1) is 13.0. The molecule has 0 aliphatic heterocycles. The number of hydrogen-bond acceptors (Lipinski definition) is 3. The summed E-state index contributed by atoms with van der Waals surface area (Å²) in [5.74, 6) is 0.249. The van der Waals surface area contributed by atoms with Crippen molar-refractivity contribution in [1.82, 2.24) is 0 Å². The summed E-state index contributed by atoms with van der Waals surface area (Å²) in [6.07, 6.45) is 11.3. The number of ketones is 2. The molecule has 3 rings (SSSR count). The second-order valence-electron chi connectivity index (χ2n) is 6.23. The number of halogens is 1. The van der Waals surface area contributed by atoms with Crippen LogP contribution in [-0.4, -0.2) is 18.7 Å². The highest BCUT2D eigenvalue weighted by molar-refractivity contribution is 9.10. The van der Waals surface area contributed by atoms with Gasteiger partial charge in [0, 0.05) is 4.47 Å². The maximum Gasteiger partial charge on any atom is 0.163 e. The number of benzene rings is 2. The second kappa shape index (κ2) is 8.78. The normalized spacial score (nSPS) is 12.7. The van der Waals surface area contributed by atoms with Crippen molar-refractivity contribution in [1.29, 1.82) is 0 Å². The molecule has 0 aromatic heterocycles. The second-order valence-corrected chi connectivity index (χ2v) is 7.08. The predicted octanol–water partition coefficient (Wildman–Crippen LogP) is 5.28. The molecule has 136 valence electrons. The Bertz CT molecular complexity index is 968. The number of methoxy groups -OCH3 is 1. The van der Waals surface area contributed by atoms with E-state index in [1.54, 1.807) is 19.3 Å². The summed E-state index contributed by atoms with van der Waals surface area (Å²) in [6, 6.07) is 11.6. The van der Waals surface area contributed by atoms with Gasteiger partial charge in [0.25, 0.3) is 0 Å². The van der Waals surface area contributed by atoms with E-state index in [1.165, 1.54) is 23.3 Å². The van der Waals surface area contributed by atoms with Crippen LogP contribution in [0.1, 0.15) is 28.7 Å². The van der Waals surface area contributed by atoms with E-state index in [4.69, 9.17) is 4.74 Å². The highest BCUT2D eigenvalue weighted by Gasteiger charge is 2.07. The van der Waals surface area contributed by atoms with Crippen LogP contribution < -0.4 is 4.74 Å². The highest BCUT2D eigenvalue weighted by atomic mass is 79.9. The van der Waals surface area contributed by atoms with Crippen LogP contribution in [0.15, 0.2) is 59.1 Å². The van der Waals surface area contributed by atoms with Gasteiger partial charge in [0.1, 0.15) is 5.75 Å². The topological polar surface area (TPSA) is 43.4 Å². The fourth-order valence-corrected chi connectivity index (χ4v) is 3.20. The van der Waals surface area contributed by atoms with Crippen LogP contribution >= 0.6 is 15.9 Å². The Balaban J connectivity index is 1.58. The molecule has 0 atom stereocenters. The molecule has 0 N–H and O–H groups in total. The van der Waals surface area contributed by atoms with Crippen molar-refractivity contribution in [2.24, 2.45) is 0 Å². The van der Waals surface area contributed by atoms with E-state index in [0.29, 0.717) is 5.75 Å². The summed E-state index contributed by atoms with van der Waals surface area (Å²) in [5.41, 5.74) is 4.27. The Morgan fingerprint density at radius 3 is 2.63 bits per heavy atom. The summed E-state index contributed by atoms with van der Waals surface area (Å²) in [5, 5.41) is 0. The van der Waals surface area contributed by atoms with Gasteiger partial charge in [-0.2, -0.15) is 0 Å². The first-order valence-corrected chi connectivity index (χ1v) is 9.39. The number of fused-ring (bicyclic) bond motifs is 1. The van der Waals surface area contributed by atoms with Crippen LogP contribution in [0, 0.1) is 0 Å². The van der Waals surface area contributed by atoms with Crippen molar-refractivity contribution in [3.8, 4) is 5.75 Å². The molecule has 0 radical (unpaired) electrons. The minimum absolute atomic E-state index is 0.152. The van der Waals surface area contributed by atoms with E-state index in [9.17, 15) is 9.59 Å². The fraction of sp³-hybridized carbons (Fsp3) is 0.130. The van der Waals surface area contributed by atoms with Crippen molar-refractivity contribution in [2.75, 3.05) is 7.11 Å². The molecule has 2 aromatic rings. The van der Waals surface area contributed by atoms with E-state index >= 15 is 0 Å². The number of carbonyl (C=O) groups excluding carboxylic acids is 2. The molecule has 0 amide bonds. The van der Waals surface area contributed by atoms with Gasteiger partial charge in [-0.1, -0.05) is 58.4 Å². The maximum absolute atomic E-state index is 12.1.